The molecular formula is C19H24ClF3N4OS. The highest BCUT2D eigenvalue weighted by Gasteiger charge is 2.37. The standard InChI is InChI=1S/C19H24ClF3N4OS/c1-2-3-4-5-6-7-8-11-28-15-10-9-14(16(20)12-15)13-24-27-17(19(21,22)23)25-26-18(27)29/h9-10,12-13H,2-8,11H2,1H3,(H,26,29)/b24-13-. The van der Waals surface area contributed by atoms with Gasteiger partial charge in [-0.05, 0) is 36.8 Å². The van der Waals surface area contributed by atoms with Gasteiger partial charge in [0.2, 0.25) is 4.77 Å². The maximum Gasteiger partial charge on any atom is 0.453 e. The third kappa shape index (κ3) is 7.47. The van der Waals surface area contributed by atoms with Crippen molar-refractivity contribution in [3.8, 4) is 5.75 Å². The molecule has 0 aliphatic carbocycles. The topological polar surface area (TPSA) is 55.2 Å². The van der Waals surface area contributed by atoms with E-state index in [1.807, 2.05) is 0 Å². The normalized spacial score (nSPS) is 12.0. The van der Waals surface area contributed by atoms with Crippen LogP contribution in [0.2, 0.25) is 5.02 Å². The van der Waals surface area contributed by atoms with E-state index < -0.39 is 12.0 Å². The molecule has 160 valence electrons. The molecule has 0 aliphatic rings. The number of unbranched alkanes of at least 4 members (excludes halogenated alkanes) is 6. The van der Waals surface area contributed by atoms with Crippen LogP contribution >= 0.6 is 23.8 Å². The highest BCUT2D eigenvalue weighted by molar-refractivity contribution is 7.71. The molecule has 0 unspecified atom stereocenters. The number of ether oxygens (including phenoxy) is 1. The Morgan fingerprint density at radius 3 is 2.55 bits per heavy atom. The molecule has 29 heavy (non-hydrogen) atoms. The summed E-state index contributed by atoms with van der Waals surface area (Å²) in [7, 11) is 0. The SMILES string of the molecule is CCCCCCCCCOc1ccc(/C=N\n2c(C(F)(F)F)n[nH]c2=S)c(Cl)c1. The van der Waals surface area contributed by atoms with E-state index >= 15 is 0 Å². The van der Waals surface area contributed by atoms with Crippen molar-refractivity contribution in [2.75, 3.05) is 6.61 Å². The summed E-state index contributed by atoms with van der Waals surface area (Å²) in [6, 6.07) is 4.94. The fourth-order valence-electron chi connectivity index (χ4n) is 2.65. The number of alkyl halides is 3. The molecule has 5 nitrogen and oxygen atoms in total. The molecule has 0 radical (unpaired) electrons. The summed E-state index contributed by atoms with van der Waals surface area (Å²) in [4.78, 5) is 0. The van der Waals surface area contributed by atoms with Gasteiger partial charge in [-0.2, -0.15) is 22.9 Å². The van der Waals surface area contributed by atoms with Crippen LogP contribution in [-0.4, -0.2) is 27.7 Å². The maximum atomic E-state index is 12.9. The highest BCUT2D eigenvalue weighted by Crippen LogP contribution is 2.27. The zero-order valence-corrected chi connectivity index (χ0v) is 17.7. The molecule has 2 rings (SSSR count). The molecule has 1 heterocycles. The Labute approximate surface area is 177 Å². The Morgan fingerprint density at radius 1 is 1.21 bits per heavy atom. The van der Waals surface area contributed by atoms with Crippen molar-refractivity contribution in [1.82, 2.24) is 14.9 Å². The maximum absolute atomic E-state index is 12.9. The van der Waals surface area contributed by atoms with Crippen molar-refractivity contribution < 1.29 is 17.9 Å². The van der Waals surface area contributed by atoms with Gasteiger partial charge in [-0.3, -0.25) is 0 Å². The van der Waals surface area contributed by atoms with Gasteiger partial charge in [-0.25, -0.2) is 5.10 Å². The number of aromatic nitrogens is 3. The first-order chi connectivity index (χ1) is 13.8. The van der Waals surface area contributed by atoms with E-state index in [2.05, 4.69) is 22.2 Å². The van der Waals surface area contributed by atoms with Crippen LogP contribution in [0.25, 0.3) is 0 Å². The minimum absolute atomic E-state index is 0.264. The molecule has 0 bridgehead atoms. The summed E-state index contributed by atoms with van der Waals surface area (Å²) in [5, 5.41) is 9.31. The molecule has 2 aromatic rings. The van der Waals surface area contributed by atoms with Crippen molar-refractivity contribution in [2.24, 2.45) is 5.10 Å². The van der Waals surface area contributed by atoms with Crippen LogP contribution in [0, 0.1) is 4.77 Å². The van der Waals surface area contributed by atoms with Gasteiger partial charge in [0, 0.05) is 5.56 Å². The lowest BCUT2D eigenvalue weighted by molar-refractivity contribution is -0.147. The number of nitrogens with zero attached hydrogens (tertiary/aromatic N) is 3. The largest absolute Gasteiger partial charge is 0.494 e. The van der Waals surface area contributed by atoms with Crippen molar-refractivity contribution >= 4 is 30.0 Å². The Kier molecular flexibility index (Phi) is 9.16. The van der Waals surface area contributed by atoms with E-state index in [4.69, 9.17) is 28.6 Å². The minimum atomic E-state index is -4.68. The van der Waals surface area contributed by atoms with Gasteiger partial charge in [-0.1, -0.05) is 57.0 Å². The van der Waals surface area contributed by atoms with Gasteiger partial charge < -0.3 is 4.74 Å². The summed E-state index contributed by atoms with van der Waals surface area (Å²) in [5.41, 5.74) is 0.436. The van der Waals surface area contributed by atoms with Crippen LogP contribution in [0.15, 0.2) is 23.3 Å². The van der Waals surface area contributed by atoms with Crippen LogP contribution in [0.3, 0.4) is 0 Å². The van der Waals surface area contributed by atoms with Crippen molar-refractivity contribution in [1.29, 1.82) is 0 Å². The molecule has 10 heteroatoms. The second-order valence-electron chi connectivity index (χ2n) is 6.56. The van der Waals surface area contributed by atoms with Gasteiger partial charge in [0.15, 0.2) is 0 Å². The molecule has 1 N–H and O–H groups in total. The number of rotatable bonds is 11. The van der Waals surface area contributed by atoms with E-state index in [1.165, 1.54) is 38.3 Å². The lowest BCUT2D eigenvalue weighted by Gasteiger charge is -2.08. The predicted octanol–water partition coefficient (Wildman–Crippen LogP) is 6.62. The number of hydrogen-bond donors (Lipinski definition) is 1. The molecule has 1 aromatic heterocycles. The van der Waals surface area contributed by atoms with Gasteiger partial charge in [0.25, 0.3) is 5.82 Å². The zero-order valence-electron chi connectivity index (χ0n) is 16.1. The molecular weight excluding hydrogens is 425 g/mol. The lowest BCUT2D eigenvalue weighted by Crippen LogP contribution is -2.12. The summed E-state index contributed by atoms with van der Waals surface area (Å²) in [6.07, 6.45) is 4.87. The van der Waals surface area contributed by atoms with Crippen LogP contribution in [-0.2, 0) is 6.18 Å². The first-order valence-electron chi connectivity index (χ1n) is 9.54. The second-order valence-corrected chi connectivity index (χ2v) is 7.35. The van der Waals surface area contributed by atoms with Crippen LogP contribution < -0.4 is 4.74 Å². The minimum Gasteiger partial charge on any atom is -0.494 e. The number of halogens is 4. The third-order valence-corrected chi connectivity index (χ3v) is 4.80. The number of aromatic amines is 1. The van der Waals surface area contributed by atoms with E-state index in [-0.39, 0.29) is 4.77 Å². The summed E-state index contributed by atoms with van der Waals surface area (Å²) < 4.78 is 44.6. The van der Waals surface area contributed by atoms with E-state index in [0.29, 0.717) is 27.6 Å². The third-order valence-electron chi connectivity index (χ3n) is 4.20. The first-order valence-corrected chi connectivity index (χ1v) is 10.3. The molecule has 0 amide bonds. The fourth-order valence-corrected chi connectivity index (χ4v) is 3.05. The summed E-state index contributed by atoms with van der Waals surface area (Å²) >= 11 is 11.0. The van der Waals surface area contributed by atoms with Crippen LogP contribution in [0.4, 0.5) is 13.2 Å². The Bertz CT molecular complexity index is 864. The molecule has 1 aromatic carbocycles. The van der Waals surface area contributed by atoms with E-state index in [9.17, 15) is 13.2 Å². The van der Waals surface area contributed by atoms with Gasteiger partial charge in [-0.15, -0.1) is 5.10 Å². The van der Waals surface area contributed by atoms with Gasteiger partial charge in [0.1, 0.15) is 5.75 Å². The molecule has 0 atom stereocenters. The molecule has 0 saturated heterocycles. The molecule has 0 saturated carbocycles. The van der Waals surface area contributed by atoms with Gasteiger partial charge >= 0.3 is 6.18 Å². The highest BCUT2D eigenvalue weighted by atomic mass is 35.5. The van der Waals surface area contributed by atoms with E-state index in [0.717, 1.165) is 12.8 Å². The fraction of sp³-hybridized carbons (Fsp3) is 0.526. The number of benzene rings is 1. The lowest BCUT2D eigenvalue weighted by atomic mass is 10.1. The van der Waals surface area contributed by atoms with E-state index in [1.54, 1.807) is 18.2 Å². The predicted molar refractivity (Wildman–Crippen MR) is 110 cm³/mol. The quantitative estimate of drug-likeness (QED) is 0.238. The number of nitrogens with one attached hydrogen (secondary N) is 1. The number of hydrogen-bond acceptors (Lipinski definition) is 4. The number of H-pyrrole nitrogens is 1. The average Bonchev–Trinajstić information content (AvgIpc) is 3.04. The molecule has 0 fully saturated rings. The molecule has 0 spiro atoms. The van der Waals surface area contributed by atoms with Crippen LogP contribution in [0.5, 0.6) is 5.75 Å². The average molecular weight is 449 g/mol. The smallest absolute Gasteiger partial charge is 0.453 e. The van der Waals surface area contributed by atoms with Crippen molar-refractivity contribution in [3.63, 3.8) is 0 Å². The Hall–Kier alpha value is -1.87. The van der Waals surface area contributed by atoms with Crippen LogP contribution in [0.1, 0.15) is 63.3 Å². The first kappa shape index (κ1) is 23.4. The summed E-state index contributed by atoms with van der Waals surface area (Å²) in [6.45, 7) is 2.79. The monoisotopic (exact) mass is 448 g/mol. The van der Waals surface area contributed by atoms with Crippen molar-refractivity contribution in [2.45, 2.75) is 58.0 Å². The van der Waals surface area contributed by atoms with Crippen molar-refractivity contribution in [3.05, 3.63) is 39.4 Å². The zero-order chi connectivity index (χ0) is 21.3. The molecule has 0 aliphatic heterocycles. The summed E-state index contributed by atoms with van der Waals surface area (Å²) in [5.74, 6) is -0.626. The Balaban J connectivity index is 1.90. The Morgan fingerprint density at radius 2 is 1.90 bits per heavy atom. The second kappa shape index (κ2) is 11.3. The van der Waals surface area contributed by atoms with Gasteiger partial charge in [0.05, 0.1) is 17.8 Å².